The van der Waals surface area contributed by atoms with Gasteiger partial charge in [0.15, 0.2) is 0 Å². The number of hydrogen-bond donors (Lipinski definition) is 1. The molecule has 4 aromatic rings. The lowest BCUT2D eigenvalue weighted by Gasteiger charge is -2.21. The van der Waals surface area contributed by atoms with Gasteiger partial charge in [-0.3, -0.25) is 9.69 Å². The Bertz CT molecular complexity index is 1190. The summed E-state index contributed by atoms with van der Waals surface area (Å²) in [7, 11) is 0. The summed E-state index contributed by atoms with van der Waals surface area (Å²) in [5, 5.41) is 2.73. The van der Waals surface area contributed by atoms with Crippen LogP contribution in [0.25, 0.3) is 21.3 Å². The molecule has 2 aromatic carbocycles. The van der Waals surface area contributed by atoms with E-state index in [-0.39, 0.29) is 5.56 Å². The Morgan fingerprint density at radius 3 is 2.55 bits per heavy atom. The first-order valence-electron chi connectivity index (χ1n) is 10.0. The minimum Gasteiger partial charge on any atom is -0.309 e. The van der Waals surface area contributed by atoms with E-state index in [0.717, 1.165) is 28.3 Å². The Balaban J connectivity index is 1.44. The van der Waals surface area contributed by atoms with E-state index in [1.54, 1.807) is 11.3 Å². The average Bonchev–Trinajstić information content (AvgIpc) is 3.49. The van der Waals surface area contributed by atoms with Gasteiger partial charge in [0.25, 0.3) is 5.56 Å². The first-order valence-corrected chi connectivity index (χ1v) is 10.9. The first-order chi connectivity index (χ1) is 14.2. The molecule has 0 aliphatic heterocycles. The van der Waals surface area contributed by atoms with Crippen molar-refractivity contribution in [3.05, 3.63) is 87.3 Å². The highest BCUT2D eigenvalue weighted by molar-refractivity contribution is 7.17. The molecule has 0 radical (unpaired) electrons. The van der Waals surface area contributed by atoms with Crippen LogP contribution in [0.15, 0.2) is 64.8 Å². The highest BCUT2D eigenvalue weighted by Crippen LogP contribution is 2.32. The summed E-state index contributed by atoms with van der Waals surface area (Å²) in [6.45, 7) is 3.66. The van der Waals surface area contributed by atoms with Gasteiger partial charge in [-0.25, -0.2) is 4.98 Å². The predicted molar refractivity (Wildman–Crippen MR) is 119 cm³/mol. The molecule has 0 amide bonds. The van der Waals surface area contributed by atoms with E-state index in [1.165, 1.54) is 24.0 Å². The van der Waals surface area contributed by atoms with Crippen molar-refractivity contribution in [2.45, 2.75) is 38.9 Å². The molecule has 0 spiro atoms. The lowest BCUT2D eigenvalue weighted by molar-refractivity contribution is 0.239. The van der Waals surface area contributed by atoms with Gasteiger partial charge in [-0.05, 0) is 30.9 Å². The maximum absolute atomic E-state index is 12.9. The Labute approximate surface area is 173 Å². The van der Waals surface area contributed by atoms with Gasteiger partial charge in [0.1, 0.15) is 10.7 Å². The number of aryl methyl sites for hydroxylation is 1. The fourth-order valence-corrected chi connectivity index (χ4v) is 4.74. The Kier molecular flexibility index (Phi) is 4.78. The fraction of sp³-hybridized carbons (Fsp3) is 0.250. The van der Waals surface area contributed by atoms with Crippen molar-refractivity contribution in [2.75, 3.05) is 0 Å². The van der Waals surface area contributed by atoms with Crippen molar-refractivity contribution in [2.24, 2.45) is 0 Å². The molecular formula is C24H23N3OS. The number of benzene rings is 2. The fourth-order valence-electron chi connectivity index (χ4n) is 3.77. The Hall–Kier alpha value is -2.76. The largest absolute Gasteiger partial charge is 0.309 e. The van der Waals surface area contributed by atoms with E-state index in [2.05, 4.69) is 41.1 Å². The highest BCUT2D eigenvalue weighted by atomic mass is 32.1. The number of aromatic amines is 1. The van der Waals surface area contributed by atoms with Crippen LogP contribution in [0.3, 0.4) is 0 Å². The summed E-state index contributed by atoms with van der Waals surface area (Å²) >= 11 is 1.54. The van der Waals surface area contributed by atoms with Crippen molar-refractivity contribution in [3.8, 4) is 11.1 Å². The zero-order chi connectivity index (χ0) is 19.8. The topological polar surface area (TPSA) is 49.0 Å². The second kappa shape index (κ2) is 7.58. The SMILES string of the molecule is Cc1ccc(CN(Cc2nc3scc(-c4ccccc4)c3c(=O)[nH]2)C2CC2)cc1. The number of thiophene rings is 1. The normalized spacial score (nSPS) is 14.0. The number of H-pyrrole nitrogens is 1. The molecule has 2 heterocycles. The molecule has 2 aromatic heterocycles. The third kappa shape index (κ3) is 3.88. The zero-order valence-corrected chi connectivity index (χ0v) is 17.2. The van der Waals surface area contributed by atoms with Crippen LogP contribution in [0.4, 0.5) is 0 Å². The molecule has 29 heavy (non-hydrogen) atoms. The number of fused-ring (bicyclic) bond motifs is 1. The van der Waals surface area contributed by atoms with E-state index >= 15 is 0 Å². The van der Waals surface area contributed by atoms with E-state index in [4.69, 9.17) is 4.98 Å². The minimum absolute atomic E-state index is 0.0452. The number of rotatable bonds is 6. The van der Waals surface area contributed by atoms with Crippen molar-refractivity contribution in [3.63, 3.8) is 0 Å². The summed E-state index contributed by atoms with van der Waals surface area (Å²) in [6.07, 6.45) is 2.44. The maximum atomic E-state index is 12.9. The second-order valence-corrected chi connectivity index (χ2v) is 8.69. The molecule has 0 atom stereocenters. The average molecular weight is 402 g/mol. The summed E-state index contributed by atoms with van der Waals surface area (Å²) < 4.78 is 0. The summed E-state index contributed by atoms with van der Waals surface area (Å²) in [5.41, 5.74) is 4.54. The minimum atomic E-state index is -0.0452. The molecule has 1 fully saturated rings. The quantitative estimate of drug-likeness (QED) is 0.488. The molecule has 0 bridgehead atoms. The van der Waals surface area contributed by atoms with Crippen LogP contribution in [0, 0.1) is 6.92 Å². The smallest absolute Gasteiger partial charge is 0.260 e. The molecule has 1 aliphatic carbocycles. The number of nitrogens with one attached hydrogen (secondary N) is 1. The van der Waals surface area contributed by atoms with Crippen LogP contribution in [0.2, 0.25) is 0 Å². The lowest BCUT2D eigenvalue weighted by Crippen LogP contribution is -2.27. The van der Waals surface area contributed by atoms with E-state index in [0.29, 0.717) is 18.0 Å². The van der Waals surface area contributed by atoms with Crippen LogP contribution >= 0.6 is 11.3 Å². The van der Waals surface area contributed by atoms with Gasteiger partial charge in [-0.2, -0.15) is 0 Å². The van der Waals surface area contributed by atoms with Crippen LogP contribution in [0.1, 0.15) is 29.8 Å². The standard InChI is InChI=1S/C24H23N3OS/c1-16-7-9-17(10-8-16)13-27(19-11-12-19)14-21-25-23(28)22-20(15-29-24(22)26-21)18-5-3-2-4-6-18/h2-10,15,19H,11-14H2,1H3,(H,25,26,28). The summed E-state index contributed by atoms with van der Waals surface area (Å²) in [6, 6.07) is 19.3. The summed E-state index contributed by atoms with van der Waals surface area (Å²) in [5.74, 6) is 0.753. The third-order valence-corrected chi connectivity index (χ3v) is 6.37. The number of hydrogen-bond acceptors (Lipinski definition) is 4. The van der Waals surface area contributed by atoms with E-state index < -0.39 is 0 Å². The van der Waals surface area contributed by atoms with Gasteiger partial charge >= 0.3 is 0 Å². The molecule has 1 saturated carbocycles. The van der Waals surface area contributed by atoms with E-state index in [9.17, 15) is 4.79 Å². The van der Waals surface area contributed by atoms with Gasteiger partial charge in [-0.1, -0.05) is 60.2 Å². The van der Waals surface area contributed by atoms with Crippen LogP contribution in [0.5, 0.6) is 0 Å². The first kappa shape index (κ1) is 18.3. The van der Waals surface area contributed by atoms with Crippen molar-refractivity contribution in [1.82, 2.24) is 14.9 Å². The van der Waals surface area contributed by atoms with Crippen LogP contribution < -0.4 is 5.56 Å². The summed E-state index contributed by atoms with van der Waals surface area (Å²) in [4.78, 5) is 24.0. The molecule has 1 N–H and O–H groups in total. The molecule has 0 saturated heterocycles. The molecule has 146 valence electrons. The van der Waals surface area contributed by atoms with Crippen LogP contribution in [-0.2, 0) is 13.1 Å². The van der Waals surface area contributed by atoms with E-state index in [1.807, 2.05) is 35.7 Å². The second-order valence-electron chi connectivity index (χ2n) is 7.83. The van der Waals surface area contributed by atoms with Gasteiger partial charge < -0.3 is 4.98 Å². The molecular weight excluding hydrogens is 378 g/mol. The molecule has 5 heteroatoms. The Morgan fingerprint density at radius 1 is 1.07 bits per heavy atom. The molecule has 0 unspecified atom stereocenters. The lowest BCUT2D eigenvalue weighted by atomic mass is 10.1. The zero-order valence-electron chi connectivity index (χ0n) is 16.4. The van der Waals surface area contributed by atoms with Crippen molar-refractivity contribution < 1.29 is 0 Å². The van der Waals surface area contributed by atoms with Gasteiger partial charge in [-0.15, -0.1) is 11.3 Å². The Morgan fingerprint density at radius 2 is 1.83 bits per heavy atom. The van der Waals surface area contributed by atoms with Crippen LogP contribution in [-0.4, -0.2) is 20.9 Å². The maximum Gasteiger partial charge on any atom is 0.260 e. The van der Waals surface area contributed by atoms with Gasteiger partial charge in [0.2, 0.25) is 0 Å². The number of nitrogens with zero attached hydrogens (tertiary/aromatic N) is 2. The molecule has 5 rings (SSSR count). The number of aromatic nitrogens is 2. The monoisotopic (exact) mass is 401 g/mol. The van der Waals surface area contributed by atoms with Gasteiger partial charge in [0.05, 0.1) is 11.9 Å². The van der Waals surface area contributed by atoms with Gasteiger partial charge in [0, 0.05) is 23.5 Å². The molecule has 4 nitrogen and oxygen atoms in total. The van der Waals surface area contributed by atoms with Crippen molar-refractivity contribution >= 4 is 21.6 Å². The van der Waals surface area contributed by atoms with Crippen molar-refractivity contribution in [1.29, 1.82) is 0 Å². The predicted octanol–water partition coefficient (Wildman–Crippen LogP) is 5.12. The third-order valence-electron chi connectivity index (χ3n) is 5.50. The molecule has 1 aliphatic rings. The highest BCUT2D eigenvalue weighted by Gasteiger charge is 2.29.